The third-order valence-corrected chi connectivity index (χ3v) is 6.56. The largest absolute Gasteiger partial charge is 0.283 e. The Hall–Kier alpha value is 0.340. The highest BCUT2D eigenvalue weighted by Crippen LogP contribution is 2.43. The van der Waals surface area contributed by atoms with Crippen molar-refractivity contribution in [3.63, 3.8) is 0 Å². The molecule has 0 saturated carbocycles. The summed E-state index contributed by atoms with van der Waals surface area (Å²) < 4.78 is 26.2. The molecule has 5 heteroatoms. The highest BCUT2D eigenvalue weighted by atomic mass is 32.8. The standard InChI is InChI=1S/C4H9O3PS/c1-8-4-2-3-7-9(8,5)6/h2-4H2,1H3. The van der Waals surface area contributed by atoms with Crippen molar-refractivity contribution in [1.29, 1.82) is 0 Å². The van der Waals surface area contributed by atoms with E-state index in [0.29, 0.717) is 6.61 Å². The summed E-state index contributed by atoms with van der Waals surface area (Å²) in [4.78, 5) is 0. The summed E-state index contributed by atoms with van der Waals surface area (Å²) >= 11 is 0. The van der Waals surface area contributed by atoms with E-state index in [-0.39, 0.29) is 0 Å². The van der Waals surface area contributed by atoms with E-state index in [4.69, 9.17) is 0 Å². The van der Waals surface area contributed by atoms with E-state index >= 15 is 0 Å². The first-order chi connectivity index (χ1) is 4.13. The van der Waals surface area contributed by atoms with Gasteiger partial charge in [0.25, 0.3) is 9.74 Å². The first kappa shape index (κ1) is 7.45. The third kappa shape index (κ3) is 1.63. The van der Waals surface area contributed by atoms with Crippen LogP contribution in [0.1, 0.15) is 6.42 Å². The summed E-state index contributed by atoms with van der Waals surface area (Å²) in [6, 6.07) is 0. The minimum Gasteiger partial charge on any atom is -0.267 e. The van der Waals surface area contributed by atoms with Crippen LogP contribution >= 0.6 is 7.12 Å². The van der Waals surface area contributed by atoms with Gasteiger partial charge in [-0.3, -0.25) is 4.18 Å². The lowest BCUT2D eigenvalue weighted by Crippen LogP contribution is -2.12. The molecule has 1 saturated heterocycles. The van der Waals surface area contributed by atoms with E-state index in [1.54, 1.807) is 6.66 Å². The molecular formula is C4H9O3PS. The van der Waals surface area contributed by atoms with Gasteiger partial charge in [0.15, 0.2) is 0 Å². The van der Waals surface area contributed by atoms with E-state index in [9.17, 15) is 8.42 Å². The molecule has 54 valence electrons. The molecule has 0 aromatic heterocycles. The van der Waals surface area contributed by atoms with Gasteiger partial charge >= 0.3 is 0 Å². The van der Waals surface area contributed by atoms with Gasteiger partial charge in [0.05, 0.1) is 6.61 Å². The molecule has 1 rings (SSSR count). The van der Waals surface area contributed by atoms with E-state index in [0.717, 1.165) is 12.6 Å². The second-order valence-corrected chi connectivity index (χ2v) is 7.96. The van der Waals surface area contributed by atoms with E-state index < -0.39 is 16.9 Å². The molecule has 0 spiro atoms. The van der Waals surface area contributed by atoms with E-state index in [2.05, 4.69) is 4.18 Å². The highest BCUT2D eigenvalue weighted by Gasteiger charge is 2.24. The van der Waals surface area contributed by atoms with E-state index in [1.165, 1.54) is 0 Å². The Morgan fingerprint density at radius 3 is 2.56 bits per heavy atom. The van der Waals surface area contributed by atoms with Crippen molar-refractivity contribution in [2.24, 2.45) is 0 Å². The lowest BCUT2D eigenvalue weighted by Gasteiger charge is -2.17. The minimum atomic E-state index is -3.10. The van der Waals surface area contributed by atoms with Gasteiger partial charge in [-0.2, -0.15) is 8.42 Å². The normalized spacial score (nSPS) is 34.1. The molecule has 0 aromatic carbocycles. The zero-order valence-electron chi connectivity index (χ0n) is 5.20. The molecule has 1 unspecified atom stereocenters. The Balaban J connectivity index is 2.72. The van der Waals surface area contributed by atoms with Gasteiger partial charge in [-0.25, -0.2) is 0 Å². The SMILES string of the molecule is CP1CCCOS1(=O)=O. The first-order valence-corrected chi connectivity index (χ1v) is 6.72. The van der Waals surface area contributed by atoms with Gasteiger partial charge in [-0.05, 0) is 19.2 Å². The van der Waals surface area contributed by atoms with Crippen LogP contribution in [0.3, 0.4) is 0 Å². The topological polar surface area (TPSA) is 43.4 Å². The fourth-order valence-electron chi connectivity index (χ4n) is 0.653. The summed E-state index contributed by atoms with van der Waals surface area (Å²) in [7, 11) is -3.98. The Labute approximate surface area is 56.0 Å². The van der Waals surface area contributed by atoms with Crippen LogP contribution in [-0.4, -0.2) is 27.9 Å². The molecule has 1 atom stereocenters. The average Bonchev–Trinajstić information content (AvgIpc) is 1.77. The van der Waals surface area contributed by atoms with Crippen LogP contribution < -0.4 is 0 Å². The average molecular weight is 168 g/mol. The summed E-state index contributed by atoms with van der Waals surface area (Å²) in [5.41, 5.74) is 0. The predicted octanol–water partition coefficient (Wildman–Crippen LogP) is 0.763. The Morgan fingerprint density at radius 1 is 1.56 bits per heavy atom. The molecule has 0 aliphatic carbocycles. The molecule has 0 aromatic rings. The van der Waals surface area contributed by atoms with Crippen molar-refractivity contribution < 1.29 is 12.6 Å². The molecule has 1 aliphatic heterocycles. The summed E-state index contributed by atoms with van der Waals surface area (Å²) in [5.74, 6) is 0. The van der Waals surface area contributed by atoms with Crippen LogP contribution in [0.25, 0.3) is 0 Å². The second kappa shape index (κ2) is 2.52. The van der Waals surface area contributed by atoms with Gasteiger partial charge in [0.1, 0.15) is 0 Å². The van der Waals surface area contributed by atoms with Crippen molar-refractivity contribution in [3.05, 3.63) is 0 Å². The van der Waals surface area contributed by atoms with Crippen LogP contribution in [0.4, 0.5) is 0 Å². The zero-order chi connectivity index (χ0) is 6.91. The van der Waals surface area contributed by atoms with Crippen LogP contribution in [0.15, 0.2) is 0 Å². The number of hydrogen-bond donors (Lipinski definition) is 0. The molecule has 0 bridgehead atoms. The molecule has 1 heterocycles. The van der Waals surface area contributed by atoms with Crippen molar-refractivity contribution in [2.45, 2.75) is 6.42 Å². The van der Waals surface area contributed by atoms with Crippen LogP contribution in [0, 0.1) is 0 Å². The van der Waals surface area contributed by atoms with Crippen molar-refractivity contribution in [3.8, 4) is 0 Å². The molecular weight excluding hydrogens is 159 g/mol. The minimum absolute atomic E-state index is 0.384. The molecule has 0 amide bonds. The Kier molecular flexibility index (Phi) is 2.09. The fraction of sp³-hybridized carbons (Fsp3) is 1.00. The lowest BCUT2D eigenvalue weighted by molar-refractivity contribution is 0.323. The maximum absolute atomic E-state index is 10.8. The Bertz CT molecular complexity index is 186. The van der Waals surface area contributed by atoms with Crippen molar-refractivity contribution in [1.82, 2.24) is 0 Å². The molecule has 1 aliphatic rings. The second-order valence-electron chi connectivity index (χ2n) is 1.95. The zero-order valence-corrected chi connectivity index (χ0v) is 6.91. The summed E-state index contributed by atoms with van der Waals surface area (Å²) in [6.07, 6.45) is 1.69. The quantitative estimate of drug-likeness (QED) is 0.501. The van der Waals surface area contributed by atoms with Crippen LogP contribution in [0.2, 0.25) is 0 Å². The van der Waals surface area contributed by atoms with Crippen LogP contribution in [-0.2, 0) is 13.9 Å². The van der Waals surface area contributed by atoms with Crippen molar-refractivity contribution in [2.75, 3.05) is 19.4 Å². The first-order valence-electron chi connectivity index (χ1n) is 2.73. The third-order valence-electron chi connectivity index (χ3n) is 1.23. The summed E-state index contributed by atoms with van der Waals surface area (Å²) in [6.45, 7) is 2.12. The van der Waals surface area contributed by atoms with Gasteiger partial charge in [-0.15, -0.1) is 0 Å². The van der Waals surface area contributed by atoms with E-state index in [1.807, 2.05) is 0 Å². The number of rotatable bonds is 0. The smallest absolute Gasteiger partial charge is 0.267 e. The molecule has 0 N–H and O–H groups in total. The monoisotopic (exact) mass is 168 g/mol. The van der Waals surface area contributed by atoms with Gasteiger partial charge in [0.2, 0.25) is 0 Å². The van der Waals surface area contributed by atoms with Crippen molar-refractivity contribution >= 4 is 16.9 Å². The lowest BCUT2D eigenvalue weighted by atomic mass is 10.5. The molecule has 1 fully saturated rings. The molecule has 0 radical (unpaired) electrons. The van der Waals surface area contributed by atoms with Crippen LogP contribution in [0.5, 0.6) is 0 Å². The van der Waals surface area contributed by atoms with Gasteiger partial charge < -0.3 is 0 Å². The molecule has 3 nitrogen and oxygen atoms in total. The Morgan fingerprint density at radius 2 is 2.22 bits per heavy atom. The maximum Gasteiger partial charge on any atom is 0.283 e. The highest BCUT2D eigenvalue weighted by molar-refractivity contribution is 8.47. The maximum atomic E-state index is 10.8. The number of hydrogen-bond acceptors (Lipinski definition) is 3. The summed E-state index contributed by atoms with van der Waals surface area (Å²) in [5, 5.41) is 0. The van der Waals surface area contributed by atoms with Gasteiger partial charge in [-0.1, -0.05) is 0 Å². The predicted molar refractivity (Wildman–Crippen MR) is 37.2 cm³/mol. The molecule has 9 heavy (non-hydrogen) atoms. The fourth-order valence-corrected chi connectivity index (χ4v) is 3.78. The van der Waals surface area contributed by atoms with Gasteiger partial charge in [0, 0.05) is 7.12 Å².